The first-order chi connectivity index (χ1) is 8.02. The molecule has 17 heavy (non-hydrogen) atoms. The molecule has 3 heteroatoms. The maximum atomic E-state index is 11.9. The molecule has 0 radical (unpaired) electrons. The Hall–Kier alpha value is -1.27. The van der Waals surface area contributed by atoms with Gasteiger partial charge in [-0.25, -0.2) is 0 Å². The van der Waals surface area contributed by atoms with Crippen LogP contribution in [-0.2, 0) is 4.79 Å². The molecule has 1 amide bonds. The van der Waals surface area contributed by atoms with Crippen molar-refractivity contribution in [1.29, 1.82) is 0 Å². The Balaban J connectivity index is 2.36. The molecule has 88 valence electrons. The van der Waals surface area contributed by atoms with Crippen molar-refractivity contribution in [2.45, 2.75) is 20.3 Å². The van der Waals surface area contributed by atoms with E-state index in [4.69, 9.17) is 6.42 Å². The number of hydrogen-bond donors (Lipinski definition) is 0. The summed E-state index contributed by atoms with van der Waals surface area (Å²) in [6.45, 7) is 4.69. The fourth-order valence-electron chi connectivity index (χ4n) is 2.15. The van der Waals surface area contributed by atoms with Gasteiger partial charge in [-0.1, -0.05) is 15.9 Å². The Morgan fingerprint density at radius 3 is 2.47 bits per heavy atom. The molecule has 0 N–H and O–H groups in total. The third-order valence-electron chi connectivity index (χ3n) is 3.09. The summed E-state index contributed by atoms with van der Waals surface area (Å²) in [4.78, 5) is 13.7. The standard InChI is InChI=1S/C14H14BrNO/c1-4-11-7-13(17)16(8-11)12-5-9(2)14(15)10(3)6-12/h1,5-6,11H,7-8H2,2-3H3. The Kier molecular flexibility index (Phi) is 3.26. The van der Waals surface area contributed by atoms with Crippen molar-refractivity contribution in [3.05, 3.63) is 27.7 Å². The zero-order valence-corrected chi connectivity index (χ0v) is 11.5. The van der Waals surface area contributed by atoms with Gasteiger partial charge in [0.15, 0.2) is 0 Å². The number of terminal acetylenes is 1. The van der Waals surface area contributed by atoms with Crippen LogP contribution in [0.25, 0.3) is 0 Å². The van der Waals surface area contributed by atoms with Gasteiger partial charge >= 0.3 is 0 Å². The average Bonchev–Trinajstić information content (AvgIpc) is 2.67. The van der Waals surface area contributed by atoms with Gasteiger partial charge in [-0.05, 0) is 37.1 Å². The van der Waals surface area contributed by atoms with Gasteiger partial charge in [0, 0.05) is 29.0 Å². The summed E-state index contributed by atoms with van der Waals surface area (Å²) in [5.41, 5.74) is 3.22. The van der Waals surface area contributed by atoms with Crippen molar-refractivity contribution in [2.24, 2.45) is 5.92 Å². The van der Waals surface area contributed by atoms with Crippen LogP contribution in [0.1, 0.15) is 17.5 Å². The monoisotopic (exact) mass is 291 g/mol. The van der Waals surface area contributed by atoms with E-state index in [0.717, 1.165) is 21.3 Å². The van der Waals surface area contributed by atoms with Crippen LogP contribution < -0.4 is 4.90 Å². The molecule has 1 aromatic carbocycles. The lowest BCUT2D eigenvalue weighted by molar-refractivity contribution is -0.117. The molecular weight excluding hydrogens is 278 g/mol. The van der Waals surface area contributed by atoms with Gasteiger partial charge in [0.1, 0.15) is 0 Å². The van der Waals surface area contributed by atoms with Crippen LogP contribution in [0, 0.1) is 32.1 Å². The van der Waals surface area contributed by atoms with Crippen LogP contribution >= 0.6 is 15.9 Å². The molecule has 2 rings (SSSR count). The summed E-state index contributed by atoms with van der Waals surface area (Å²) in [5, 5.41) is 0. The summed E-state index contributed by atoms with van der Waals surface area (Å²) in [7, 11) is 0. The SMILES string of the molecule is C#CC1CC(=O)N(c2cc(C)c(Br)c(C)c2)C1. The number of anilines is 1. The van der Waals surface area contributed by atoms with E-state index in [1.165, 1.54) is 0 Å². The minimum atomic E-state index is 0.0479. The van der Waals surface area contributed by atoms with Crippen LogP contribution in [0.4, 0.5) is 5.69 Å². The molecule has 1 aliphatic heterocycles. The van der Waals surface area contributed by atoms with Crippen molar-refractivity contribution < 1.29 is 4.79 Å². The fraction of sp³-hybridized carbons (Fsp3) is 0.357. The molecule has 1 fully saturated rings. The highest BCUT2D eigenvalue weighted by Crippen LogP contribution is 2.30. The van der Waals surface area contributed by atoms with Crippen LogP contribution in [0.5, 0.6) is 0 Å². The Morgan fingerprint density at radius 1 is 1.41 bits per heavy atom. The van der Waals surface area contributed by atoms with E-state index in [0.29, 0.717) is 13.0 Å². The van der Waals surface area contributed by atoms with E-state index in [-0.39, 0.29) is 11.8 Å². The molecule has 0 aliphatic carbocycles. The summed E-state index contributed by atoms with van der Waals surface area (Å²) in [5.74, 6) is 2.83. The van der Waals surface area contributed by atoms with Gasteiger partial charge < -0.3 is 4.90 Å². The van der Waals surface area contributed by atoms with Crippen molar-refractivity contribution >= 4 is 27.5 Å². The summed E-state index contributed by atoms with van der Waals surface area (Å²) < 4.78 is 1.10. The second-order valence-corrected chi connectivity index (χ2v) is 5.26. The Morgan fingerprint density at radius 2 is 2.00 bits per heavy atom. The van der Waals surface area contributed by atoms with Gasteiger partial charge in [0.25, 0.3) is 0 Å². The van der Waals surface area contributed by atoms with Gasteiger partial charge in [-0.2, -0.15) is 0 Å². The van der Waals surface area contributed by atoms with Gasteiger partial charge in [-0.15, -0.1) is 12.3 Å². The van der Waals surface area contributed by atoms with Crippen LogP contribution in [-0.4, -0.2) is 12.5 Å². The maximum absolute atomic E-state index is 11.9. The van der Waals surface area contributed by atoms with Crippen molar-refractivity contribution in [2.75, 3.05) is 11.4 Å². The topological polar surface area (TPSA) is 20.3 Å². The van der Waals surface area contributed by atoms with Crippen molar-refractivity contribution in [3.63, 3.8) is 0 Å². The van der Waals surface area contributed by atoms with Gasteiger partial charge in [0.05, 0.1) is 0 Å². The number of carbonyl (C=O) groups excluding carboxylic acids is 1. The highest BCUT2D eigenvalue weighted by atomic mass is 79.9. The second kappa shape index (κ2) is 4.54. The molecule has 1 atom stereocenters. The first-order valence-electron chi connectivity index (χ1n) is 5.56. The molecule has 0 spiro atoms. The largest absolute Gasteiger partial charge is 0.311 e. The highest BCUT2D eigenvalue weighted by Gasteiger charge is 2.29. The molecule has 0 aromatic heterocycles. The zero-order valence-electron chi connectivity index (χ0n) is 9.96. The molecule has 1 heterocycles. The first-order valence-corrected chi connectivity index (χ1v) is 6.35. The number of hydrogen-bond acceptors (Lipinski definition) is 1. The number of rotatable bonds is 1. The summed E-state index contributed by atoms with van der Waals surface area (Å²) in [6.07, 6.45) is 5.85. The van der Waals surface area contributed by atoms with E-state index < -0.39 is 0 Å². The Labute approximate surface area is 110 Å². The lowest BCUT2D eigenvalue weighted by atomic mass is 10.1. The minimum absolute atomic E-state index is 0.0479. The lowest BCUT2D eigenvalue weighted by Crippen LogP contribution is -2.24. The van der Waals surface area contributed by atoms with Crippen LogP contribution in [0.3, 0.4) is 0 Å². The molecular formula is C14H14BrNO. The van der Waals surface area contributed by atoms with E-state index in [9.17, 15) is 4.79 Å². The molecule has 0 saturated carbocycles. The number of halogens is 1. The van der Waals surface area contributed by atoms with Crippen molar-refractivity contribution in [1.82, 2.24) is 0 Å². The smallest absolute Gasteiger partial charge is 0.228 e. The predicted molar refractivity (Wildman–Crippen MR) is 72.9 cm³/mol. The number of nitrogens with zero attached hydrogens (tertiary/aromatic N) is 1. The van der Waals surface area contributed by atoms with Gasteiger partial charge in [0.2, 0.25) is 5.91 Å². The van der Waals surface area contributed by atoms with E-state index in [1.54, 1.807) is 4.90 Å². The molecule has 0 bridgehead atoms. The third kappa shape index (κ3) is 2.23. The fourth-order valence-corrected chi connectivity index (χ4v) is 2.38. The molecule has 1 aliphatic rings. The normalized spacial score (nSPS) is 19.5. The van der Waals surface area contributed by atoms with Gasteiger partial charge in [-0.3, -0.25) is 4.79 Å². The summed E-state index contributed by atoms with van der Waals surface area (Å²) >= 11 is 3.53. The average molecular weight is 292 g/mol. The zero-order chi connectivity index (χ0) is 12.6. The Bertz CT molecular complexity index is 492. The quantitative estimate of drug-likeness (QED) is 0.729. The van der Waals surface area contributed by atoms with Crippen molar-refractivity contribution in [3.8, 4) is 12.3 Å². The number of benzene rings is 1. The van der Waals surface area contributed by atoms with Crippen LogP contribution in [0.2, 0.25) is 0 Å². The summed E-state index contributed by atoms with van der Waals surface area (Å²) in [6, 6.07) is 4.04. The number of amides is 1. The van der Waals surface area contributed by atoms with E-state index in [1.807, 2.05) is 26.0 Å². The van der Waals surface area contributed by atoms with E-state index in [2.05, 4.69) is 21.9 Å². The predicted octanol–water partition coefficient (Wildman–Crippen LogP) is 3.05. The molecule has 1 unspecified atom stereocenters. The highest BCUT2D eigenvalue weighted by molar-refractivity contribution is 9.10. The maximum Gasteiger partial charge on any atom is 0.228 e. The lowest BCUT2D eigenvalue weighted by Gasteiger charge is -2.18. The number of carbonyl (C=O) groups is 1. The molecule has 1 saturated heterocycles. The third-order valence-corrected chi connectivity index (χ3v) is 4.34. The number of aryl methyl sites for hydroxylation is 2. The van der Waals surface area contributed by atoms with Crippen LogP contribution in [0.15, 0.2) is 16.6 Å². The van der Waals surface area contributed by atoms with E-state index >= 15 is 0 Å². The first kappa shape index (κ1) is 12.2. The minimum Gasteiger partial charge on any atom is -0.311 e. The second-order valence-electron chi connectivity index (χ2n) is 4.47. The molecule has 2 nitrogen and oxygen atoms in total. The molecule has 1 aromatic rings.